The first-order valence-electron chi connectivity index (χ1n) is 9.14. The predicted molar refractivity (Wildman–Crippen MR) is 108 cm³/mol. The molecule has 0 aliphatic carbocycles. The molecule has 0 saturated carbocycles. The molecule has 1 N–H and O–H groups in total. The second-order valence-electron chi connectivity index (χ2n) is 6.82. The topological polar surface area (TPSA) is 58.6 Å². The lowest BCUT2D eigenvalue weighted by Gasteiger charge is -2.19. The van der Waals surface area contributed by atoms with Crippen LogP contribution in [0.3, 0.4) is 0 Å². The van der Waals surface area contributed by atoms with Crippen molar-refractivity contribution in [3.05, 3.63) is 58.7 Å². The SMILES string of the molecule is CCc1ccccc1OCC(=O)N(C)CC(=O)Nc1c(C)cc(C)cc1C. The van der Waals surface area contributed by atoms with Gasteiger partial charge in [-0.05, 0) is 49.9 Å². The maximum absolute atomic E-state index is 12.3. The van der Waals surface area contributed by atoms with Crippen LogP contribution < -0.4 is 10.1 Å². The average molecular weight is 368 g/mol. The number of benzene rings is 2. The molecule has 0 saturated heterocycles. The van der Waals surface area contributed by atoms with Gasteiger partial charge in [-0.3, -0.25) is 9.59 Å². The molecule has 144 valence electrons. The lowest BCUT2D eigenvalue weighted by molar-refractivity contribution is -0.135. The van der Waals surface area contributed by atoms with E-state index in [9.17, 15) is 9.59 Å². The first-order chi connectivity index (χ1) is 12.8. The van der Waals surface area contributed by atoms with Gasteiger partial charge in [-0.25, -0.2) is 0 Å². The van der Waals surface area contributed by atoms with Gasteiger partial charge < -0.3 is 15.0 Å². The Morgan fingerprint density at radius 1 is 1.07 bits per heavy atom. The summed E-state index contributed by atoms with van der Waals surface area (Å²) in [6.07, 6.45) is 0.831. The molecule has 2 aromatic carbocycles. The number of aryl methyl sites for hydroxylation is 4. The van der Waals surface area contributed by atoms with Crippen LogP contribution >= 0.6 is 0 Å². The van der Waals surface area contributed by atoms with E-state index >= 15 is 0 Å². The minimum atomic E-state index is -0.242. The van der Waals surface area contributed by atoms with Gasteiger partial charge in [0.1, 0.15) is 5.75 Å². The summed E-state index contributed by atoms with van der Waals surface area (Å²) in [7, 11) is 1.60. The summed E-state index contributed by atoms with van der Waals surface area (Å²) in [5.41, 5.74) is 5.03. The van der Waals surface area contributed by atoms with Crippen LogP contribution in [0.1, 0.15) is 29.2 Å². The van der Waals surface area contributed by atoms with Crippen LogP contribution in [0.25, 0.3) is 0 Å². The van der Waals surface area contributed by atoms with E-state index in [1.54, 1.807) is 7.05 Å². The van der Waals surface area contributed by atoms with Crippen LogP contribution in [-0.4, -0.2) is 36.9 Å². The van der Waals surface area contributed by atoms with Crippen molar-refractivity contribution >= 4 is 17.5 Å². The number of para-hydroxylation sites is 1. The van der Waals surface area contributed by atoms with Crippen molar-refractivity contribution < 1.29 is 14.3 Å². The van der Waals surface area contributed by atoms with Gasteiger partial charge in [0.2, 0.25) is 5.91 Å². The number of nitrogens with one attached hydrogen (secondary N) is 1. The van der Waals surface area contributed by atoms with Crippen molar-refractivity contribution in [2.75, 3.05) is 25.5 Å². The standard InChI is InChI=1S/C22H28N2O3/c1-6-18-9-7-8-10-19(18)27-14-21(26)24(5)13-20(25)23-22-16(3)11-15(2)12-17(22)4/h7-12H,6,13-14H2,1-5H3,(H,23,25). The molecule has 5 nitrogen and oxygen atoms in total. The number of hydrogen-bond acceptors (Lipinski definition) is 3. The molecule has 0 radical (unpaired) electrons. The predicted octanol–water partition coefficient (Wildman–Crippen LogP) is 3.65. The Morgan fingerprint density at radius 2 is 1.70 bits per heavy atom. The van der Waals surface area contributed by atoms with Gasteiger partial charge in [0, 0.05) is 12.7 Å². The molecule has 2 rings (SSSR count). The highest BCUT2D eigenvalue weighted by Gasteiger charge is 2.16. The van der Waals surface area contributed by atoms with E-state index in [4.69, 9.17) is 4.74 Å². The smallest absolute Gasteiger partial charge is 0.260 e. The molecule has 27 heavy (non-hydrogen) atoms. The van der Waals surface area contributed by atoms with Crippen LogP contribution in [0, 0.1) is 20.8 Å². The van der Waals surface area contributed by atoms with E-state index in [2.05, 4.69) is 5.32 Å². The number of rotatable bonds is 7. The van der Waals surface area contributed by atoms with E-state index < -0.39 is 0 Å². The molecule has 0 heterocycles. The Bertz CT molecular complexity index is 807. The van der Waals surface area contributed by atoms with Gasteiger partial charge in [-0.1, -0.05) is 42.8 Å². The minimum absolute atomic E-state index is 0.0234. The summed E-state index contributed by atoms with van der Waals surface area (Å²) >= 11 is 0. The number of ether oxygens (including phenoxy) is 1. The number of carbonyl (C=O) groups is 2. The summed E-state index contributed by atoms with van der Waals surface area (Å²) in [5, 5.41) is 2.91. The molecule has 2 aromatic rings. The monoisotopic (exact) mass is 368 g/mol. The van der Waals surface area contributed by atoms with E-state index in [1.165, 1.54) is 4.90 Å². The molecule has 5 heteroatoms. The summed E-state index contributed by atoms with van der Waals surface area (Å²) in [5.74, 6) is 0.236. The lowest BCUT2D eigenvalue weighted by Crippen LogP contribution is -2.37. The number of amides is 2. The average Bonchev–Trinajstić information content (AvgIpc) is 2.62. The first-order valence-corrected chi connectivity index (χ1v) is 9.14. The fraction of sp³-hybridized carbons (Fsp3) is 0.364. The molecule has 0 aromatic heterocycles. The highest BCUT2D eigenvalue weighted by atomic mass is 16.5. The highest BCUT2D eigenvalue weighted by molar-refractivity contribution is 5.95. The molecular weight excluding hydrogens is 340 g/mol. The second kappa shape index (κ2) is 9.21. The number of carbonyl (C=O) groups excluding carboxylic acids is 2. The van der Waals surface area contributed by atoms with Crippen molar-refractivity contribution in [3.63, 3.8) is 0 Å². The first kappa shape index (κ1) is 20.5. The molecule has 0 spiro atoms. The molecule has 0 atom stereocenters. The van der Waals surface area contributed by atoms with Crippen molar-refractivity contribution in [1.82, 2.24) is 4.90 Å². The van der Waals surface area contributed by atoms with Crippen molar-refractivity contribution in [2.24, 2.45) is 0 Å². The van der Waals surface area contributed by atoms with Gasteiger partial charge in [0.25, 0.3) is 5.91 Å². The Morgan fingerprint density at radius 3 is 2.33 bits per heavy atom. The van der Waals surface area contributed by atoms with Gasteiger partial charge in [0.05, 0.1) is 6.54 Å². The minimum Gasteiger partial charge on any atom is -0.483 e. The third kappa shape index (κ3) is 5.58. The van der Waals surface area contributed by atoms with Gasteiger partial charge >= 0.3 is 0 Å². The fourth-order valence-electron chi connectivity index (χ4n) is 3.05. The highest BCUT2D eigenvalue weighted by Crippen LogP contribution is 2.22. The maximum Gasteiger partial charge on any atom is 0.260 e. The number of nitrogens with zero attached hydrogens (tertiary/aromatic N) is 1. The van der Waals surface area contributed by atoms with Crippen molar-refractivity contribution in [3.8, 4) is 5.75 Å². The third-order valence-electron chi connectivity index (χ3n) is 4.45. The quantitative estimate of drug-likeness (QED) is 0.811. The van der Waals surface area contributed by atoms with Crippen LogP contribution in [0.4, 0.5) is 5.69 Å². The number of anilines is 1. The maximum atomic E-state index is 12.3. The Labute approximate surface area is 161 Å². The van der Waals surface area contributed by atoms with Crippen molar-refractivity contribution in [1.29, 1.82) is 0 Å². The zero-order valence-electron chi connectivity index (χ0n) is 16.8. The summed E-state index contributed by atoms with van der Waals surface area (Å²) < 4.78 is 5.64. The van der Waals surface area contributed by atoms with Gasteiger partial charge in [-0.15, -0.1) is 0 Å². The second-order valence-corrected chi connectivity index (χ2v) is 6.82. The van der Waals surface area contributed by atoms with E-state index in [0.29, 0.717) is 5.75 Å². The van der Waals surface area contributed by atoms with Crippen LogP contribution in [0.5, 0.6) is 5.75 Å². The van der Waals surface area contributed by atoms with E-state index in [0.717, 1.165) is 34.4 Å². The summed E-state index contributed by atoms with van der Waals surface area (Å²) in [6, 6.07) is 11.7. The van der Waals surface area contributed by atoms with Gasteiger partial charge in [-0.2, -0.15) is 0 Å². The molecule has 2 amide bonds. The van der Waals surface area contributed by atoms with E-state index in [-0.39, 0.29) is 25.0 Å². The van der Waals surface area contributed by atoms with Crippen LogP contribution in [-0.2, 0) is 16.0 Å². The van der Waals surface area contributed by atoms with E-state index in [1.807, 2.05) is 64.1 Å². The third-order valence-corrected chi connectivity index (χ3v) is 4.45. The molecule has 0 bridgehead atoms. The number of likely N-dealkylation sites (N-methyl/N-ethyl adjacent to an activating group) is 1. The summed E-state index contributed by atoms with van der Waals surface area (Å²) in [6.45, 7) is 7.87. The molecule has 0 aliphatic heterocycles. The molecule has 0 aliphatic rings. The molecule has 0 fully saturated rings. The zero-order chi connectivity index (χ0) is 20.0. The van der Waals surface area contributed by atoms with Crippen LogP contribution in [0.2, 0.25) is 0 Å². The van der Waals surface area contributed by atoms with Gasteiger partial charge in [0.15, 0.2) is 6.61 Å². The Balaban J connectivity index is 1.91. The Hall–Kier alpha value is -2.82. The molecular formula is C22H28N2O3. The Kier molecular flexibility index (Phi) is 6.99. The largest absolute Gasteiger partial charge is 0.483 e. The lowest BCUT2D eigenvalue weighted by atomic mass is 10.1. The summed E-state index contributed by atoms with van der Waals surface area (Å²) in [4.78, 5) is 26.0. The zero-order valence-corrected chi connectivity index (χ0v) is 16.8. The fourth-order valence-corrected chi connectivity index (χ4v) is 3.05. The number of hydrogen-bond donors (Lipinski definition) is 1. The normalized spacial score (nSPS) is 10.4. The van der Waals surface area contributed by atoms with Crippen molar-refractivity contribution in [2.45, 2.75) is 34.1 Å². The van der Waals surface area contributed by atoms with Crippen LogP contribution in [0.15, 0.2) is 36.4 Å². The molecule has 0 unspecified atom stereocenters.